The van der Waals surface area contributed by atoms with Gasteiger partial charge in [0.25, 0.3) is 0 Å². The zero-order valence-electron chi connectivity index (χ0n) is 11.4. The van der Waals surface area contributed by atoms with Crippen LogP contribution in [0.3, 0.4) is 0 Å². The first-order valence-electron chi connectivity index (χ1n) is 6.20. The van der Waals surface area contributed by atoms with Gasteiger partial charge in [-0.15, -0.1) is 0 Å². The van der Waals surface area contributed by atoms with E-state index in [1.54, 1.807) is 13.0 Å². The Balaban J connectivity index is 3.33. The van der Waals surface area contributed by atoms with Crippen molar-refractivity contribution in [2.45, 2.75) is 46.7 Å². The highest BCUT2D eigenvalue weighted by molar-refractivity contribution is 5.57. The van der Waals surface area contributed by atoms with Gasteiger partial charge in [0.2, 0.25) is 0 Å². The standard InChI is InChI=1S/C14H23FN2/c1-6-17(9(2)3)14-7-10(4)13(15)8-12(14)11(5)16/h7-9,11H,6,16H2,1-5H3. The summed E-state index contributed by atoms with van der Waals surface area (Å²) in [6.45, 7) is 10.9. The average Bonchev–Trinajstić information content (AvgIpc) is 2.22. The second-order valence-electron chi connectivity index (χ2n) is 4.83. The molecular formula is C14H23FN2. The van der Waals surface area contributed by atoms with Crippen LogP contribution < -0.4 is 10.6 Å². The molecule has 17 heavy (non-hydrogen) atoms. The van der Waals surface area contributed by atoms with Gasteiger partial charge in [0.1, 0.15) is 5.82 Å². The van der Waals surface area contributed by atoms with Crippen molar-refractivity contribution < 1.29 is 4.39 Å². The Morgan fingerprint density at radius 3 is 2.29 bits per heavy atom. The van der Waals surface area contributed by atoms with E-state index in [9.17, 15) is 4.39 Å². The van der Waals surface area contributed by atoms with Crippen LogP contribution in [-0.4, -0.2) is 12.6 Å². The van der Waals surface area contributed by atoms with Crippen LogP contribution in [0.15, 0.2) is 12.1 Å². The molecule has 1 unspecified atom stereocenters. The molecular weight excluding hydrogens is 215 g/mol. The summed E-state index contributed by atoms with van der Waals surface area (Å²) >= 11 is 0. The molecule has 2 nitrogen and oxygen atoms in total. The molecule has 0 amide bonds. The maximum absolute atomic E-state index is 13.6. The first-order valence-corrected chi connectivity index (χ1v) is 6.20. The van der Waals surface area contributed by atoms with E-state index in [0.29, 0.717) is 11.6 Å². The summed E-state index contributed by atoms with van der Waals surface area (Å²) in [6.07, 6.45) is 0. The van der Waals surface area contributed by atoms with E-state index in [-0.39, 0.29) is 11.9 Å². The number of benzene rings is 1. The fraction of sp³-hybridized carbons (Fsp3) is 0.571. The summed E-state index contributed by atoms with van der Waals surface area (Å²) in [4.78, 5) is 2.24. The van der Waals surface area contributed by atoms with Gasteiger partial charge in [-0.25, -0.2) is 4.39 Å². The largest absolute Gasteiger partial charge is 0.369 e. The van der Waals surface area contributed by atoms with E-state index in [0.717, 1.165) is 17.8 Å². The third-order valence-corrected chi connectivity index (χ3v) is 3.07. The van der Waals surface area contributed by atoms with Gasteiger partial charge in [0.15, 0.2) is 0 Å². The Morgan fingerprint density at radius 1 is 1.29 bits per heavy atom. The van der Waals surface area contributed by atoms with Gasteiger partial charge in [0.05, 0.1) is 0 Å². The number of nitrogens with zero attached hydrogens (tertiary/aromatic N) is 1. The molecule has 96 valence electrons. The van der Waals surface area contributed by atoms with Crippen LogP contribution in [-0.2, 0) is 0 Å². The molecule has 1 aromatic carbocycles. The Labute approximate surface area is 104 Å². The molecule has 0 fully saturated rings. The van der Waals surface area contributed by atoms with Crippen molar-refractivity contribution in [1.82, 2.24) is 0 Å². The predicted octanol–water partition coefficient (Wildman–Crippen LogP) is 3.39. The summed E-state index contributed by atoms with van der Waals surface area (Å²) in [6, 6.07) is 3.69. The van der Waals surface area contributed by atoms with E-state index < -0.39 is 0 Å². The van der Waals surface area contributed by atoms with E-state index in [4.69, 9.17) is 5.73 Å². The maximum Gasteiger partial charge on any atom is 0.126 e. The number of hydrogen-bond donors (Lipinski definition) is 1. The molecule has 1 aromatic rings. The third-order valence-electron chi connectivity index (χ3n) is 3.07. The molecule has 3 heteroatoms. The van der Waals surface area contributed by atoms with Crippen molar-refractivity contribution in [2.24, 2.45) is 5.73 Å². The Hall–Kier alpha value is -1.09. The number of nitrogens with two attached hydrogens (primary N) is 1. The number of hydrogen-bond acceptors (Lipinski definition) is 2. The summed E-state index contributed by atoms with van der Waals surface area (Å²) in [5, 5.41) is 0. The number of anilines is 1. The molecule has 0 heterocycles. The van der Waals surface area contributed by atoms with Gasteiger partial charge in [0, 0.05) is 24.3 Å². The predicted molar refractivity (Wildman–Crippen MR) is 71.9 cm³/mol. The van der Waals surface area contributed by atoms with E-state index in [1.165, 1.54) is 0 Å². The minimum Gasteiger partial charge on any atom is -0.369 e. The maximum atomic E-state index is 13.6. The lowest BCUT2D eigenvalue weighted by molar-refractivity contribution is 0.610. The zero-order valence-corrected chi connectivity index (χ0v) is 11.4. The van der Waals surface area contributed by atoms with Crippen molar-refractivity contribution in [3.8, 4) is 0 Å². The molecule has 0 radical (unpaired) electrons. The van der Waals surface area contributed by atoms with Crippen LogP contribution in [0.5, 0.6) is 0 Å². The Kier molecular flexibility index (Phi) is 4.52. The lowest BCUT2D eigenvalue weighted by Crippen LogP contribution is -2.32. The number of rotatable bonds is 4. The van der Waals surface area contributed by atoms with E-state index in [1.807, 2.05) is 13.0 Å². The molecule has 0 bridgehead atoms. The molecule has 2 N–H and O–H groups in total. The highest BCUT2D eigenvalue weighted by Gasteiger charge is 2.17. The molecule has 0 aliphatic rings. The van der Waals surface area contributed by atoms with Gasteiger partial charge in [-0.2, -0.15) is 0 Å². The smallest absolute Gasteiger partial charge is 0.126 e. The van der Waals surface area contributed by atoms with Crippen LogP contribution in [0.25, 0.3) is 0 Å². The van der Waals surface area contributed by atoms with E-state index in [2.05, 4.69) is 25.7 Å². The van der Waals surface area contributed by atoms with Crippen molar-refractivity contribution in [3.05, 3.63) is 29.1 Å². The highest BCUT2D eigenvalue weighted by atomic mass is 19.1. The SMILES string of the molecule is CCN(c1cc(C)c(F)cc1C(C)N)C(C)C. The van der Waals surface area contributed by atoms with Crippen molar-refractivity contribution >= 4 is 5.69 Å². The number of halogens is 1. The summed E-state index contributed by atoms with van der Waals surface area (Å²) < 4.78 is 13.6. The van der Waals surface area contributed by atoms with Gasteiger partial charge in [-0.05, 0) is 57.9 Å². The highest BCUT2D eigenvalue weighted by Crippen LogP contribution is 2.29. The van der Waals surface area contributed by atoms with Crippen molar-refractivity contribution in [1.29, 1.82) is 0 Å². The van der Waals surface area contributed by atoms with Crippen LogP contribution in [0, 0.1) is 12.7 Å². The van der Waals surface area contributed by atoms with Gasteiger partial charge in [-0.1, -0.05) is 0 Å². The molecule has 0 spiro atoms. The fourth-order valence-corrected chi connectivity index (χ4v) is 2.11. The second-order valence-corrected chi connectivity index (χ2v) is 4.83. The van der Waals surface area contributed by atoms with Gasteiger partial charge in [-0.3, -0.25) is 0 Å². The molecule has 0 aromatic heterocycles. The lowest BCUT2D eigenvalue weighted by Gasteiger charge is -2.31. The summed E-state index contributed by atoms with van der Waals surface area (Å²) in [5.74, 6) is -0.180. The quantitative estimate of drug-likeness (QED) is 0.871. The second kappa shape index (κ2) is 5.50. The van der Waals surface area contributed by atoms with E-state index >= 15 is 0 Å². The topological polar surface area (TPSA) is 29.3 Å². The first-order chi connectivity index (χ1) is 7.88. The van der Waals surface area contributed by atoms with Crippen molar-refractivity contribution in [2.75, 3.05) is 11.4 Å². The molecule has 1 atom stereocenters. The molecule has 0 aliphatic heterocycles. The summed E-state index contributed by atoms with van der Waals surface area (Å²) in [5.41, 5.74) is 8.53. The Bertz CT molecular complexity index is 386. The van der Waals surface area contributed by atoms with Crippen LogP contribution in [0.4, 0.5) is 10.1 Å². The fourth-order valence-electron chi connectivity index (χ4n) is 2.11. The zero-order chi connectivity index (χ0) is 13.2. The summed E-state index contributed by atoms with van der Waals surface area (Å²) in [7, 11) is 0. The first kappa shape index (κ1) is 14.0. The minimum atomic E-state index is -0.180. The average molecular weight is 238 g/mol. The van der Waals surface area contributed by atoms with Gasteiger partial charge >= 0.3 is 0 Å². The molecule has 0 saturated carbocycles. The van der Waals surface area contributed by atoms with Crippen LogP contribution >= 0.6 is 0 Å². The van der Waals surface area contributed by atoms with Gasteiger partial charge < -0.3 is 10.6 Å². The lowest BCUT2D eigenvalue weighted by atomic mass is 10.0. The third kappa shape index (κ3) is 2.97. The monoisotopic (exact) mass is 238 g/mol. The Morgan fingerprint density at radius 2 is 1.88 bits per heavy atom. The normalized spacial score (nSPS) is 12.9. The molecule has 0 aliphatic carbocycles. The minimum absolute atomic E-state index is 0.159. The van der Waals surface area contributed by atoms with Crippen LogP contribution in [0.1, 0.15) is 44.9 Å². The number of aryl methyl sites for hydroxylation is 1. The molecule has 0 saturated heterocycles. The van der Waals surface area contributed by atoms with Crippen LogP contribution in [0.2, 0.25) is 0 Å². The van der Waals surface area contributed by atoms with Crippen molar-refractivity contribution in [3.63, 3.8) is 0 Å². The molecule has 1 rings (SSSR count).